The lowest BCUT2D eigenvalue weighted by molar-refractivity contribution is -0.0882. The maximum Gasteiger partial charge on any atom is 0.122 e. The highest BCUT2D eigenvalue weighted by Crippen LogP contribution is 2.42. The Bertz CT molecular complexity index is 493. The molecule has 0 radical (unpaired) electrons. The Hall–Kier alpha value is -0.950. The van der Waals surface area contributed by atoms with Gasteiger partial charge in [-0.25, -0.2) is 4.98 Å². The van der Waals surface area contributed by atoms with E-state index in [0.29, 0.717) is 6.61 Å². The highest BCUT2D eigenvalue weighted by atomic mass is 16.5. The molecule has 3 rings (SSSR count). The van der Waals surface area contributed by atoms with Gasteiger partial charge in [-0.15, -0.1) is 0 Å². The summed E-state index contributed by atoms with van der Waals surface area (Å²) in [6.45, 7) is 3.32. The molecule has 0 amide bonds. The van der Waals surface area contributed by atoms with Gasteiger partial charge in [0, 0.05) is 45.7 Å². The van der Waals surface area contributed by atoms with Crippen LogP contribution in [0.2, 0.25) is 0 Å². The van der Waals surface area contributed by atoms with E-state index in [1.54, 1.807) is 7.11 Å². The van der Waals surface area contributed by atoms with Gasteiger partial charge in [-0.05, 0) is 25.7 Å². The first-order valence-electron chi connectivity index (χ1n) is 8.15. The second-order valence-electron chi connectivity index (χ2n) is 6.46. The van der Waals surface area contributed by atoms with Gasteiger partial charge in [0.2, 0.25) is 0 Å². The van der Waals surface area contributed by atoms with Gasteiger partial charge >= 0.3 is 0 Å². The molecule has 0 unspecified atom stereocenters. The quantitative estimate of drug-likeness (QED) is 0.850. The lowest BCUT2D eigenvalue weighted by atomic mass is 9.79. The minimum atomic E-state index is -0.206. The Labute approximate surface area is 132 Å². The number of hydrogen-bond acceptors (Lipinski definition) is 5. The van der Waals surface area contributed by atoms with Crippen LogP contribution in [0.25, 0.3) is 0 Å². The summed E-state index contributed by atoms with van der Waals surface area (Å²) in [6, 6.07) is 0.286. The standard InChI is InChI=1S/C16H27N3O3/c1-21-10-9-18-8-6-17-15(18)12-19-7-5-16(22-2)4-3-13(20)11-14(16)19/h6,8,13-14,20H,3-5,7,9-12H2,1-2H3/t13-,14+,16-/m1/s1. The molecule has 124 valence electrons. The van der Waals surface area contributed by atoms with E-state index in [9.17, 15) is 5.11 Å². The van der Waals surface area contributed by atoms with Gasteiger partial charge in [0.25, 0.3) is 0 Å². The Morgan fingerprint density at radius 3 is 3.05 bits per heavy atom. The van der Waals surface area contributed by atoms with Gasteiger partial charge < -0.3 is 19.1 Å². The minimum Gasteiger partial charge on any atom is -0.393 e. The SMILES string of the molecule is COCCn1ccnc1CN1CC[C@]2(OC)CC[C@@H](O)C[C@H]12. The van der Waals surface area contributed by atoms with Crippen LogP contribution < -0.4 is 0 Å². The first-order chi connectivity index (χ1) is 10.7. The van der Waals surface area contributed by atoms with Crippen LogP contribution in [0.3, 0.4) is 0 Å². The van der Waals surface area contributed by atoms with Gasteiger partial charge in [0.05, 0.1) is 24.9 Å². The Morgan fingerprint density at radius 2 is 2.27 bits per heavy atom. The average molecular weight is 309 g/mol. The maximum absolute atomic E-state index is 10.1. The van der Waals surface area contributed by atoms with Crippen LogP contribution in [0.1, 0.15) is 31.5 Å². The van der Waals surface area contributed by atoms with Crippen LogP contribution >= 0.6 is 0 Å². The highest BCUT2D eigenvalue weighted by Gasteiger charge is 2.50. The second kappa shape index (κ2) is 6.66. The molecule has 1 saturated carbocycles. The molecule has 6 heteroatoms. The fraction of sp³-hybridized carbons (Fsp3) is 0.812. The van der Waals surface area contributed by atoms with Crippen molar-refractivity contribution in [1.82, 2.24) is 14.5 Å². The van der Waals surface area contributed by atoms with Crippen molar-refractivity contribution in [2.75, 3.05) is 27.4 Å². The van der Waals surface area contributed by atoms with Crippen molar-refractivity contribution in [3.63, 3.8) is 0 Å². The Kier molecular flexibility index (Phi) is 4.82. The summed E-state index contributed by atoms with van der Waals surface area (Å²) in [5, 5.41) is 10.1. The van der Waals surface area contributed by atoms with Crippen LogP contribution in [-0.4, -0.2) is 64.7 Å². The van der Waals surface area contributed by atoms with Crippen LogP contribution in [-0.2, 0) is 22.6 Å². The maximum atomic E-state index is 10.1. The molecule has 1 aliphatic heterocycles. The third kappa shape index (κ3) is 2.93. The molecule has 0 spiro atoms. The number of likely N-dealkylation sites (tertiary alicyclic amines) is 1. The van der Waals surface area contributed by atoms with Crippen molar-refractivity contribution in [3.05, 3.63) is 18.2 Å². The van der Waals surface area contributed by atoms with Crippen molar-refractivity contribution in [2.45, 2.75) is 56.5 Å². The van der Waals surface area contributed by atoms with Crippen molar-refractivity contribution in [2.24, 2.45) is 0 Å². The molecule has 1 aliphatic carbocycles. The Morgan fingerprint density at radius 1 is 1.41 bits per heavy atom. The van der Waals surface area contributed by atoms with E-state index in [1.807, 2.05) is 19.5 Å². The summed E-state index contributed by atoms with van der Waals surface area (Å²) in [4.78, 5) is 6.93. The van der Waals surface area contributed by atoms with Gasteiger partial charge in [-0.3, -0.25) is 4.90 Å². The first kappa shape index (κ1) is 15.9. The van der Waals surface area contributed by atoms with Crippen molar-refractivity contribution in [1.29, 1.82) is 0 Å². The predicted octanol–water partition coefficient (Wildman–Crippen LogP) is 1.03. The molecule has 1 aromatic heterocycles. The number of rotatable bonds is 6. The van der Waals surface area contributed by atoms with E-state index in [1.165, 1.54) is 0 Å². The van der Waals surface area contributed by atoms with E-state index < -0.39 is 0 Å². The van der Waals surface area contributed by atoms with E-state index in [0.717, 1.165) is 51.1 Å². The summed E-state index contributed by atoms with van der Waals surface area (Å²) < 4.78 is 13.2. The molecule has 2 fully saturated rings. The molecule has 6 nitrogen and oxygen atoms in total. The lowest BCUT2D eigenvalue weighted by Gasteiger charge is -2.42. The van der Waals surface area contributed by atoms with Gasteiger partial charge in [0.15, 0.2) is 0 Å². The molecular formula is C16H27N3O3. The van der Waals surface area contributed by atoms with Crippen LogP contribution in [0.15, 0.2) is 12.4 Å². The lowest BCUT2D eigenvalue weighted by Crippen LogP contribution is -2.51. The summed E-state index contributed by atoms with van der Waals surface area (Å²) >= 11 is 0. The normalized spacial score (nSPS) is 32.3. The summed E-state index contributed by atoms with van der Waals surface area (Å²) in [5.41, 5.74) is -0.0802. The number of aliphatic hydroxyl groups is 1. The first-order valence-corrected chi connectivity index (χ1v) is 8.15. The molecular weight excluding hydrogens is 282 g/mol. The number of imidazole rings is 1. The number of methoxy groups -OCH3 is 2. The van der Waals surface area contributed by atoms with Crippen molar-refractivity contribution in [3.8, 4) is 0 Å². The minimum absolute atomic E-state index is 0.0802. The molecule has 1 aromatic rings. The summed E-state index contributed by atoms with van der Waals surface area (Å²) in [7, 11) is 3.53. The van der Waals surface area contributed by atoms with Crippen LogP contribution in [0.5, 0.6) is 0 Å². The number of ether oxygens (including phenoxy) is 2. The van der Waals surface area contributed by atoms with Gasteiger partial charge in [0.1, 0.15) is 5.82 Å². The molecule has 2 heterocycles. The van der Waals surface area contributed by atoms with E-state index in [4.69, 9.17) is 9.47 Å². The second-order valence-corrected chi connectivity index (χ2v) is 6.46. The van der Waals surface area contributed by atoms with Crippen molar-refractivity contribution >= 4 is 0 Å². The number of fused-ring (bicyclic) bond motifs is 1. The third-order valence-corrected chi connectivity index (χ3v) is 5.36. The fourth-order valence-electron chi connectivity index (χ4n) is 4.03. The molecule has 0 bridgehead atoms. The van der Waals surface area contributed by atoms with Gasteiger partial charge in [-0.1, -0.05) is 0 Å². The van der Waals surface area contributed by atoms with Gasteiger partial charge in [-0.2, -0.15) is 0 Å². The van der Waals surface area contributed by atoms with E-state index in [-0.39, 0.29) is 17.7 Å². The third-order valence-electron chi connectivity index (χ3n) is 5.36. The predicted molar refractivity (Wildman–Crippen MR) is 82.5 cm³/mol. The summed E-state index contributed by atoms with van der Waals surface area (Å²) in [6.07, 6.45) is 7.28. The molecule has 1 saturated heterocycles. The smallest absolute Gasteiger partial charge is 0.122 e. The molecule has 2 aliphatic rings. The number of hydrogen-bond donors (Lipinski definition) is 1. The molecule has 22 heavy (non-hydrogen) atoms. The number of aromatic nitrogens is 2. The number of nitrogens with zero attached hydrogens (tertiary/aromatic N) is 3. The summed E-state index contributed by atoms with van der Waals surface area (Å²) in [5.74, 6) is 1.06. The number of aliphatic hydroxyl groups excluding tert-OH is 1. The fourth-order valence-corrected chi connectivity index (χ4v) is 4.03. The average Bonchev–Trinajstić information content (AvgIpc) is 3.11. The van der Waals surface area contributed by atoms with E-state index in [2.05, 4.69) is 14.5 Å². The topological polar surface area (TPSA) is 59.8 Å². The van der Waals surface area contributed by atoms with E-state index >= 15 is 0 Å². The zero-order valence-corrected chi connectivity index (χ0v) is 13.6. The largest absolute Gasteiger partial charge is 0.393 e. The van der Waals surface area contributed by atoms with Crippen molar-refractivity contribution < 1.29 is 14.6 Å². The van der Waals surface area contributed by atoms with Crippen LogP contribution in [0, 0.1) is 0 Å². The molecule has 0 aromatic carbocycles. The highest BCUT2D eigenvalue weighted by molar-refractivity contribution is 5.06. The van der Waals surface area contributed by atoms with Crippen LogP contribution in [0.4, 0.5) is 0 Å². The zero-order valence-electron chi connectivity index (χ0n) is 13.6. The zero-order chi connectivity index (χ0) is 15.6. The molecule has 3 atom stereocenters. The monoisotopic (exact) mass is 309 g/mol. The Balaban J connectivity index is 1.71. The molecule has 1 N–H and O–H groups in total.